The van der Waals surface area contributed by atoms with Crippen molar-refractivity contribution >= 4 is 35.6 Å². The summed E-state index contributed by atoms with van der Waals surface area (Å²) >= 11 is 0. The highest BCUT2D eigenvalue weighted by atomic mass is 35.5. The highest BCUT2D eigenvalue weighted by Gasteiger charge is 2.11. The van der Waals surface area contributed by atoms with Crippen LogP contribution in [0.15, 0.2) is 48.5 Å². The number of carbonyl (C=O) groups excluding carboxylic acids is 2. The predicted molar refractivity (Wildman–Crippen MR) is 106 cm³/mol. The van der Waals surface area contributed by atoms with Crippen molar-refractivity contribution in [1.82, 2.24) is 4.90 Å². The Morgan fingerprint density at radius 1 is 1.08 bits per heavy atom. The van der Waals surface area contributed by atoms with Gasteiger partial charge >= 0.3 is 0 Å². The number of anilines is 2. The molecule has 0 aliphatic heterocycles. The summed E-state index contributed by atoms with van der Waals surface area (Å²) < 4.78 is 5.54. The van der Waals surface area contributed by atoms with Crippen molar-refractivity contribution in [3.8, 4) is 5.75 Å². The summed E-state index contributed by atoms with van der Waals surface area (Å²) in [6.07, 6.45) is 0. The molecule has 0 spiro atoms. The number of amides is 2. The summed E-state index contributed by atoms with van der Waals surface area (Å²) in [5.41, 5.74) is 7.28. The minimum atomic E-state index is -0.260. The van der Waals surface area contributed by atoms with Crippen molar-refractivity contribution < 1.29 is 14.3 Å². The number of ether oxygens (including phenoxy) is 1. The van der Waals surface area contributed by atoms with Gasteiger partial charge in [-0.15, -0.1) is 12.4 Å². The smallest absolute Gasteiger partial charge is 0.260 e. The number of nitrogens with two attached hydrogens (primary N) is 1. The van der Waals surface area contributed by atoms with Gasteiger partial charge in [0.15, 0.2) is 6.61 Å². The molecular formula is C19H24ClN3O3. The molecule has 26 heavy (non-hydrogen) atoms. The summed E-state index contributed by atoms with van der Waals surface area (Å²) in [6.45, 7) is 5.11. The number of nitrogens with one attached hydrogen (secondary N) is 1. The van der Waals surface area contributed by atoms with Gasteiger partial charge in [0.2, 0.25) is 0 Å². The number of likely N-dealkylation sites (N-methyl/N-ethyl adjacent to an activating group) is 1. The van der Waals surface area contributed by atoms with Crippen LogP contribution in [-0.4, -0.2) is 36.4 Å². The Kier molecular flexibility index (Phi) is 8.45. The third kappa shape index (κ3) is 5.97. The van der Waals surface area contributed by atoms with Crippen LogP contribution < -0.4 is 15.8 Å². The van der Waals surface area contributed by atoms with Crippen LogP contribution in [0.2, 0.25) is 0 Å². The first kappa shape index (κ1) is 21.3. The highest BCUT2D eigenvalue weighted by molar-refractivity contribution is 6.04. The lowest BCUT2D eigenvalue weighted by Gasteiger charge is -2.18. The Morgan fingerprint density at radius 3 is 2.42 bits per heavy atom. The third-order valence-corrected chi connectivity index (χ3v) is 3.72. The van der Waals surface area contributed by atoms with Gasteiger partial charge in [-0.25, -0.2) is 0 Å². The lowest BCUT2D eigenvalue weighted by Crippen LogP contribution is -2.34. The SMILES string of the molecule is CCN(CC)C(=O)COc1cccc(NC(=O)c2cccc(N)c2)c1.Cl. The van der Waals surface area contributed by atoms with Gasteiger partial charge in [-0.1, -0.05) is 12.1 Å². The van der Waals surface area contributed by atoms with Crippen LogP contribution in [0.4, 0.5) is 11.4 Å². The molecule has 0 aliphatic carbocycles. The standard InChI is InChI=1S/C19H23N3O3.ClH/c1-3-22(4-2)18(23)13-25-17-10-6-9-16(12-17)21-19(24)14-7-5-8-15(20)11-14;/h5-12H,3-4,13,20H2,1-2H3,(H,21,24);1H. The summed E-state index contributed by atoms with van der Waals surface area (Å²) in [6, 6.07) is 13.7. The Hall–Kier alpha value is -2.73. The Bertz CT molecular complexity index is 748. The van der Waals surface area contributed by atoms with E-state index >= 15 is 0 Å². The molecule has 140 valence electrons. The quantitative estimate of drug-likeness (QED) is 0.726. The van der Waals surface area contributed by atoms with E-state index in [1.807, 2.05) is 13.8 Å². The van der Waals surface area contributed by atoms with E-state index in [9.17, 15) is 9.59 Å². The van der Waals surface area contributed by atoms with Gasteiger partial charge in [-0.3, -0.25) is 9.59 Å². The lowest BCUT2D eigenvalue weighted by molar-refractivity contribution is -0.132. The van der Waals surface area contributed by atoms with Crippen molar-refractivity contribution in [2.45, 2.75) is 13.8 Å². The average molecular weight is 378 g/mol. The normalized spacial score (nSPS) is 9.77. The minimum Gasteiger partial charge on any atom is -0.484 e. The van der Waals surface area contributed by atoms with Crippen LogP contribution in [0.5, 0.6) is 5.75 Å². The van der Waals surface area contributed by atoms with Gasteiger partial charge in [-0.05, 0) is 44.2 Å². The second-order valence-electron chi connectivity index (χ2n) is 5.46. The topological polar surface area (TPSA) is 84.7 Å². The lowest BCUT2D eigenvalue weighted by atomic mass is 10.2. The van der Waals surface area contributed by atoms with E-state index in [0.717, 1.165) is 0 Å². The van der Waals surface area contributed by atoms with Gasteiger partial charge in [-0.2, -0.15) is 0 Å². The summed E-state index contributed by atoms with van der Waals surface area (Å²) in [7, 11) is 0. The largest absolute Gasteiger partial charge is 0.484 e. The number of nitrogens with zero attached hydrogens (tertiary/aromatic N) is 1. The fourth-order valence-electron chi connectivity index (χ4n) is 2.36. The molecule has 2 aromatic rings. The van der Waals surface area contributed by atoms with Crippen LogP contribution >= 0.6 is 12.4 Å². The fraction of sp³-hybridized carbons (Fsp3) is 0.263. The second kappa shape index (κ2) is 10.3. The molecule has 0 aliphatic rings. The number of benzene rings is 2. The van der Waals surface area contributed by atoms with Crippen LogP contribution in [0.25, 0.3) is 0 Å². The monoisotopic (exact) mass is 377 g/mol. The van der Waals surface area contributed by atoms with Crippen molar-refractivity contribution in [2.24, 2.45) is 0 Å². The van der Waals surface area contributed by atoms with E-state index in [2.05, 4.69) is 5.32 Å². The van der Waals surface area contributed by atoms with Crippen molar-refractivity contribution in [3.05, 3.63) is 54.1 Å². The summed E-state index contributed by atoms with van der Waals surface area (Å²) in [5, 5.41) is 2.79. The van der Waals surface area contributed by atoms with E-state index < -0.39 is 0 Å². The van der Waals surface area contributed by atoms with Crippen molar-refractivity contribution in [1.29, 1.82) is 0 Å². The number of rotatable bonds is 7. The summed E-state index contributed by atoms with van der Waals surface area (Å²) in [5.74, 6) is 0.189. The minimum absolute atomic E-state index is 0. The van der Waals surface area contributed by atoms with E-state index in [-0.39, 0.29) is 30.8 Å². The Labute approximate surface area is 159 Å². The molecule has 0 saturated heterocycles. The number of hydrogen-bond acceptors (Lipinski definition) is 4. The first-order valence-corrected chi connectivity index (χ1v) is 8.21. The molecule has 0 saturated carbocycles. The zero-order chi connectivity index (χ0) is 18.2. The first-order valence-electron chi connectivity index (χ1n) is 8.21. The van der Waals surface area contributed by atoms with Crippen molar-refractivity contribution in [3.63, 3.8) is 0 Å². The fourth-order valence-corrected chi connectivity index (χ4v) is 2.36. The molecule has 0 radical (unpaired) electrons. The van der Waals surface area contributed by atoms with E-state index in [1.165, 1.54) is 0 Å². The Morgan fingerprint density at radius 2 is 1.77 bits per heavy atom. The maximum absolute atomic E-state index is 12.2. The molecule has 2 aromatic carbocycles. The molecular weight excluding hydrogens is 354 g/mol. The van der Waals surface area contributed by atoms with E-state index in [4.69, 9.17) is 10.5 Å². The number of halogens is 1. The first-order chi connectivity index (χ1) is 12.0. The molecule has 6 nitrogen and oxygen atoms in total. The molecule has 0 aromatic heterocycles. The molecule has 2 amide bonds. The third-order valence-electron chi connectivity index (χ3n) is 3.72. The maximum Gasteiger partial charge on any atom is 0.260 e. The van der Waals surface area contributed by atoms with Crippen LogP contribution in [0.1, 0.15) is 24.2 Å². The van der Waals surface area contributed by atoms with Gasteiger partial charge in [0.25, 0.3) is 11.8 Å². The number of hydrogen-bond donors (Lipinski definition) is 2. The summed E-state index contributed by atoms with van der Waals surface area (Å²) in [4.78, 5) is 25.9. The zero-order valence-corrected chi connectivity index (χ0v) is 15.7. The molecule has 2 rings (SSSR count). The van der Waals surface area contributed by atoms with Crippen LogP contribution in [-0.2, 0) is 4.79 Å². The van der Waals surface area contributed by atoms with Crippen LogP contribution in [0.3, 0.4) is 0 Å². The van der Waals surface area contributed by atoms with Crippen molar-refractivity contribution in [2.75, 3.05) is 30.7 Å². The van der Waals surface area contributed by atoms with Gasteiger partial charge < -0.3 is 20.7 Å². The molecule has 0 heterocycles. The molecule has 0 fully saturated rings. The molecule has 0 atom stereocenters. The van der Waals surface area contributed by atoms with E-state index in [1.54, 1.807) is 53.4 Å². The highest BCUT2D eigenvalue weighted by Crippen LogP contribution is 2.18. The van der Waals surface area contributed by atoms with Gasteiger partial charge in [0.05, 0.1) is 0 Å². The van der Waals surface area contributed by atoms with Crippen LogP contribution in [0, 0.1) is 0 Å². The molecule has 7 heteroatoms. The molecule has 3 N–H and O–H groups in total. The Balaban J connectivity index is 0.00000338. The van der Waals surface area contributed by atoms with Gasteiger partial charge in [0.1, 0.15) is 5.75 Å². The average Bonchev–Trinajstić information content (AvgIpc) is 2.61. The van der Waals surface area contributed by atoms with Gasteiger partial charge in [0, 0.05) is 36.1 Å². The zero-order valence-electron chi connectivity index (χ0n) is 14.9. The molecule has 0 unspecified atom stereocenters. The molecule has 0 bridgehead atoms. The predicted octanol–water partition coefficient (Wildman–Crippen LogP) is 3.19. The maximum atomic E-state index is 12.2. The number of nitrogen functional groups attached to an aromatic ring is 1. The van der Waals surface area contributed by atoms with E-state index in [0.29, 0.717) is 35.8 Å². The second-order valence-corrected chi connectivity index (χ2v) is 5.46. The number of carbonyl (C=O) groups is 2.